The largest absolute Gasteiger partial charge is 0.496 e. The molecule has 5 heteroatoms. The quantitative estimate of drug-likeness (QED) is 0.930. The summed E-state index contributed by atoms with van der Waals surface area (Å²) < 4.78 is 10.6. The SMILES string of the molecule is COc1ccc(-c2cc(C(=O)O)no2)c2c1CCCC2. The molecule has 20 heavy (non-hydrogen) atoms. The van der Waals surface area contributed by atoms with Crippen LogP contribution < -0.4 is 4.74 Å². The number of hydrogen-bond donors (Lipinski definition) is 1. The molecule has 0 unspecified atom stereocenters. The second-order valence-electron chi connectivity index (χ2n) is 4.86. The third-order valence-electron chi connectivity index (χ3n) is 3.71. The van der Waals surface area contributed by atoms with E-state index in [4.69, 9.17) is 14.4 Å². The topological polar surface area (TPSA) is 72.6 Å². The minimum absolute atomic E-state index is 0.0691. The lowest BCUT2D eigenvalue weighted by Gasteiger charge is -2.20. The zero-order valence-corrected chi connectivity index (χ0v) is 11.2. The van der Waals surface area contributed by atoms with Crippen LogP contribution in [0, 0.1) is 0 Å². The molecule has 1 aliphatic rings. The first-order valence-electron chi connectivity index (χ1n) is 6.60. The number of carboxylic acids is 1. The van der Waals surface area contributed by atoms with E-state index in [1.165, 1.54) is 17.2 Å². The van der Waals surface area contributed by atoms with Crippen molar-refractivity contribution in [2.45, 2.75) is 25.7 Å². The van der Waals surface area contributed by atoms with E-state index in [2.05, 4.69) is 5.16 Å². The molecule has 5 nitrogen and oxygen atoms in total. The highest BCUT2D eigenvalue weighted by Gasteiger charge is 2.21. The standard InChI is InChI=1S/C15H15NO4/c1-19-13-7-6-11(9-4-2-3-5-10(9)13)14-8-12(15(17)18)16-20-14/h6-8H,2-5H2,1H3,(H,17,18). The summed E-state index contributed by atoms with van der Waals surface area (Å²) in [4.78, 5) is 10.9. The van der Waals surface area contributed by atoms with Gasteiger partial charge >= 0.3 is 5.97 Å². The summed E-state index contributed by atoms with van der Waals surface area (Å²) in [6.07, 6.45) is 4.19. The number of aromatic nitrogens is 1. The molecule has 0 saturated heterocycles. The van der Waals surface area contributed by atoms with Crippen molar-refractivity contribution >= 4 is 5.97 Å². The third kappa shape index (κ3) is 2.05. The summed E-state index contributed by atoms with van der Waals surface area (Å²) in [5.41, 5.74) is 3.23. The molecule has 0 atom stereocenters. The van der Waals surface area contributed by atoms with Gasteiger partial charge < -0.3 is 14.4 Å². The van der Waals surface area contributed by atoms with Crippen LogP contribution in [0.5, 0.6) is 5.75 Å². The predicted octanol–water partition coefficient (Wildman–Crippen LogP) is 2.93. The van der Waals surface area contributed by atoms with E-state index < -0.39 is 5.97 Å². The number of carbonyl (C=O) groups is 1. The van der Waals surface area contributed by atoms with Gasteiger partial charge in [0, 0.05) is 11.6 Å². The Labute approximate surface area is 116 Å². The van der Waals surface area contributed by atoms with Gasteiger partial charge in [0.2, 0.25) is 0 Å². The lowest BCUT2D eigenvalue weighted by molar-refractivity contribution is 0.0686. The molecule has 1 aliphatic carbocycles. The van der Waals surface area contributed by atoms with E-state index in [-0.39, 0.29) is 5.69 Å². The molecule has 0 saturated carbocycles. The number of nitrogens with zero attached hydrogens (tertiary/aromatic N) is 1. The van der Waals surface area contributed by atoms with E-state index in [0.29, 0.717) is 5.76 Å². The van der Waals surface area contributed by atoms with Crippen molar-refractivity contribution in [1.29, 1.82) is 0 Å². The van der Waals surface area contributed by atoms with Crippen LogP contribution in [0.2, 0.25) is 0 Å². The third-order valence-corrected chi connectivity index (χ3v) is 3.71. The molecule has 0 radical (unpaired) electrons. The van der Waals surface area contributed by atoms with Gasteiger partial charge in [-0.25, -0.2) is 4.79 Å². The lowest BCUT2D eigenvalue weighted by Crippen LogP contribution is -2.06. The van der Waals surface area contributed by atoms with Crippen LogP contribution in [-0.2, 0) is 12.8 Å². The first-order chi connectivity index (χ1) is 9.70. The minimum atomic E-state index is -1.08. The number of methoxy groups -OCH3 is 1. The second-order valence-corrected chi connectivity index (χ2v) is 4.86. The van der Waals surface area contributed by atoms with Crippen molar-refractivity contribution in [3.63, 3.8) is 0 Å². The number of aromatic carboxylic acids is 1. The van der Waals surface area contributed by atoms with E-state index in [0.717, 1.165) is 37.0 Å². The Morgan fingerprint density at radius 1 is 1.30 bits per heavy atom. The van der Waals surface area contributed by atoms with E-state index in [1.807, 2.05) is 12.1 Å². The Kier molecular flexibility index (Phi) is 3.18. The number of hydrogen-bond acceptors (Lipinski definition) is 4. The molecule has 0 bridgehead atoms. The molecule has 0 amide bonds. The highest BCUT2D eigenvalue weighted by atomic mass is 16.5. The molecule has 0 aliphatic heterocycles. The van der Waals surface area contributed by atoms with Gasteiger partial charge in [-0.3, -0.25) is 0 Å². The molecular weight excluding hydrogens is 258 g/mol. The normalized spacial score (nSPS) is 13.8. The van der Waals surface area contributed by atoms with Crippen molar-refractivity contribution < 1.29 is 19.2 Å². The van der Waals surface area contributed by atoms with Gasteiger partial charge in [0.1, 0.15) is 5.75 Å². The summed E-state index contributed by atoms with van der Waals surface area (Å²) in [7, 11) is 1.67. The molecule has 0 fully saturated rings. The Morgan fingerprint density at radius 2 is 2.05 bits per heavy atom. The molecule has 104 valence electrons. The fraction of sp³-hybridized carbons (Fsp3) is 0.333. The smallest absolute Gasteiger partial charge is 0.358 e. The Balaban J connectivity index is 2.11. The van der Waals surface area contributed by atoms with Crippen molar-refractivity contribution in [2.75, 3.05) is 7.11 Å². The van der Waals surface area contributed by atoms with Gasteiger partial charge in [0.15, 0.2) is 11.5 Å². The number of benzene rings is 1. The molecule has 1 aromatic heterocycles. The van der Waals surface area contributed by atoms with Crippen molar-refractivity contribution in [3.05, 3.63) is 35.0 Å². The first kappa shape index (κ1) is 12.7. The summed E-state index contributed by atoms with van der Waals surface area (Å²) in [5, 5.41) is 12.5. The zero-order chi connectivity index (χ0) is 14.1. The van der Waals surface area contributed by atoms with Crippen molar-refractivity contribution in [1.82, 2.24) is 5.16 Å². The maximum Gasteiger partial charge on any atom is 0.358 e. The van der Waals surface area contributed by atoms with Crippen molar-refractivity contribution in [2.24, 2.45) is 0 Å². The van der Waals surface area contributed by atoms with Gasteiger partial charge in [-0.2, -0.15) is 0 Å². The second kappa shape index (κ2) is 5.00. The lowest BCUT2D eigenvalue weighted by atomic mass is 9.87. The van der Waals surface area contributed by atoms with Crippen LogP contribution in [0.25, 0.3) is 11.3 Å². The Morgan fingerprint density at radius 3 is 2.70 bits per heavy atom. The van der Waals surface area contributed by atoms with E-state index >= 15 is 0 Å². The fourth-order valence-corrected chi connectivity index (χ4v) is 2.76. The van der Waals surface area contributed by atoms with E-state index in [1.54, 1.807) is 7.11 Å². The zero-order valence-electron chi connectivity index (χ0n) is 11.2. The average Bonchev–Trinajstić information content (AvgIpc) is 2.96. The maximum absolute atomic E-state index is 10.9. The summed E-state index contributed by atoms with van der Waals surface area (Å²) in [6.45, 7) is 0. The van der Waals surface area contributed by atoms with E-state index in [9.17, 15) is 4.79 Å². The highest BCUT2D eigenvalue weighted by Crippen LogP contribution is 2.37. The predicted molar refractivity (Wildman–Crippen MR) is 72.1 cm³/mol. The summed E-state index contributed by atoms with van der Waals surface area (Å²) in [6, 6.07) is 5.29. The molecule has 0 spiro atoms. The number of rotatable bonds is 3. The number of ether oxygens (including phenoxy) is 1. The molecular formula is C15H15NO4. The van der Waals surface area contributed by atoms with Gasteiger partial charge in [-0.05, 0) is 48.9 Å². The van der Waals surface area contributed by atoms with Crippen LogP contribution in [0.15, 0.2) is 22.7 Å². The monoisotopic (exact) mass is 273 g/mol. The van der Waals surface area contributed by atoms with Gasteiger partial charge in [-0.1, -0.05) is 5.16 Å². The van der Waals surface area contributed by atoms with Crippen LogP contribution in [0.3, 0.4) is 0 Å². The first-order valence-corrected chi connectivity index (χ1v) is 6.60. The van der Waals surface area contributed by atoms with Gasteiger partial charge in [-0.15, -0.1) is 0 Å². The minimum Gasteiger partial charge on any atom is -0.496 e. The average molecular weight is 273 g/mol. The number of carboxylic acid groups (broad SMARTS) is 1. The van der Waals surface area contributed by atoms with Gasteiger partial charge in [0.05, 0.1) is 7.11 Å². The van der Waals surface area contributed by atoms with Crippen LogP contribution in [0.4, 0.5) is 0 Å². The van der Waals surface area contributed by atoms with Crippen LogP contribution >= 0.6 is 0 Å². The van der Waals surface area contributed by atoms with Gasteiger partial charge in [0.25, 0.3) is 0 Å². The highest BCUT2D eigenvalue weighted by molar-refractivity contribution is 5.86. The fourth-order valence-electron chi connectivity index (χ4n) is 2.76. The van der Waals surface area contributed by atoms with Crippen LogP contribution in [0.1, 0.15) is 34.5 Å². The molecule has 2 aromatic rings. The maximum atomic E-state index is 10.9. The Bertz CT molecular complexity index is 660. The molecule has 3 rings (SSSR count). The molecule has 1 aromatic carbocycles. The van der Waals surface area contributed by atoms with Crippen molar-refractivity contribution in [3.8, 4) is 17.1 Å². The number of fused-ring (bicyclic) bond motifs is 1. The molecule has 1 N–H and O–H groups in total. The Hall–Kier alpha value is -2.30. The summed E-state index contributed by atoms with van der Waals surface area (Å²) in [5.74, 6) is 0.312. The molecule has 1 heterocycles. The summed E-state index contributed by atoms with van der Waals surface area (Å²) >= 11 is 0. The van der Waals surface area contributed by atoms with Crippen LogP contribution in [-0.4, -0.2) is 23.3 Å².